The molecule has 0 aliphatic carbocycles. The molecule has 2 N–H and O–H groups in total. The van der Waals surface area contributed by atoms with Crippen LogP contribution < -0.4 is 5.32 Å². The number of carbonyl (C=O) groups excluding carboxylic acids is 1. The number of benzene rings is 1. The van der Waals surface area contributed by atoms with Gasteiger partial charge in [0.05, 0.1) is 12.5 Å². The van der Waals surface area contributed by atoms with Gasteiger partial charge in [0.1, 0.15) is 0 Å². The van der Waals surface area contributed by atoms with Crippen molar-refractivity contribution in [3.63, 3.8) is 0 Å². The molecule has 0 spiro atoms. The smallest absolute Gasteiger partial charge is 0.305 e. The molecule has 7 heteroatoms. The predicted molar refractivity (Wildman–Crippen MR) is 95.5 cm³/mol. The number of nitrogens with one attached hydrogen (secondary N) is 1. The minimum atomic E-state index is -0.959. The van der Waals surface area contributed by atoms with Crippen molar-refractivity contribution in [3.05, 3.63) is 47.6 Å². The standard InChI is InChI=1S/C19H25N3O4/c1-19(2,3)18-21-16(26-22-18)11-7-10-15(23)20-14(12-17(24)25)13-8-5-4-6-9-13/h4-6,8-9,14H,7,10-12H2,1-3H3,(H,20,23)(H,24,25). The molecule has 0 aliphatic rings. The van der Waals surface area contributed by atoms with E-state index in [1.807, 2.05) is 39.0 Å². The number of carbonyl (C=O) groups is 2. The molecule has 7 nitrogen and oxygen atoms in total. The molecule has 26 heavy (non-hydrogen) atoms. The van der Waals surface area contributed by atoms with E-state index in [1.54, 1.807) is 12.1 Å². The number of hydrogen-bond acceptors (Lipinski definition) is 5. The van der Waals surface area contributed by atoms with Crippen LogP contribution in [0.4, 0.5) is 0 Å². The van der Waals surface area contributed by atoms with Crippen LogP contribution in [0.2, 0.25) is 0 Å². The fraction of sp³-hybridized carbons (Fsp3) is 0.474. The average molecular weight is 359 g/mol. The lowest BCUT2D eigenvalue weighted by molar-refractivity contribution is -0.137. The summed E-state index contributed by atoms with van der Waals surface area (Å²) < 4.78 is 5.21. The van der Waals surface area contributed by atoms with Gasteiger partial charge in [-0.15, -0.1) is 0 Å². The maximum Gasteiger partial charge on any atom is 0.305 e. The van der Waals surface area contributed by atoms with Crippen molar-refractivity contribution in [2.45, 2.75) is 57.9 Å². The molecule has 0 aliphatic heterocycles. The first-order valence-electron chi connectivity index (χ1n) is 8.65. The maximum atomic E-state index is 12.2. The molecule has 0 saturated carbocycles. The van der Waals surface area contributed by atoms with Crippen LogP contribution in [-0.2, 0) is 21.4 Å². The molecule has 2 rings (SSSR count). The van der Waals surface area contributed by atoms with E-state index in [9.17, 15) is 9.59 Å². The Morgan fingerprint density at radius 3 is 2.50 bits per heavy atom. The van der Waals surface area contributed by atoms with Crippen LogP contribution in [0.3, 0.4) is 0 Å². The normalized spacial score (nSPS) is 12.6. The third-order valence-corrected chi connectivity index (χ3v) is 3.85. The van der Waals surface area contributed by atoms with Gasteiger partial charge in [-0.25, -0.2) is 0 Å². The third-order valence-electron chi connectivity index (χ3n) is 3.85. The Hall–Kier alpha value is -2.70. The highest BCUT2D eigenvalue weighted by Crippen LogP contribution is 2.19. The van der Waals surface area contributed by atoms with Gasteiger partial charge in [0.2, 0.25) is 11.8 Å². The Bertz CT molecular complexity index is 735. The molecule has 0 saturated heterocycles. The third kappa shape index (κ3) is 5.98. The van der Waals surface area contributed by atoms with Gasteiger partial charge in [-0.05, 0) is 12.0 Å². The molecule has 1 atom stereocenters. The molecule has 0 radical (unpaired) electrons. The van der Waals surface area contributed by atoms with Gasteiger partial charge in [0.25, 0.3) is 0 Å². The summed E-state index contributed by atoms with van der Waals surface area (Å²) in [4.78, 5) is 27.6. The van der Waals surface area contributed by atoms with Crippen molar-refractivity contribution >= 4 is 11.9 Å². The SMILES string of the molecule is CC(C)(C)c1noc(CCCC(=O)NC(CC(=O)O)c2ccccc2)n1. The highest BCUT2D eigenvalue weighted by molar-refractivity contribution is 5.77. The number of aryl methyl sites for hydroxylation is 1. The molecule has 1 unspecified atom stereocenters. The summed E-state index contributed by atoms with van der Waals surface area (Å²) in [7, 11) is 0. The first kappa shape index (κ1) is 19.6. The van der Waals surface area contributed by atoms with Crippen LogP contribution in [0.5, 0.6) is 0 Å². The molecule has 1 aromatic carbocycles. The van der Waals surface area contributed by atoms with E-state index in [1.165, 1.54) is 0 Å². The molecule has 1 amide bonds. The van der Waals surface area contributed by atoms with Crippen molar-refractivity contribution in [1.29, 1.82) is 0 Å². The van der Waals surface area contributed by atoms with Crippen molar-refractivity contribution in [2.24, 2.45) is 0 Å². The number of carboxylic acids is 1. The number of amides is 1. The van der Waals surface area contributed by atoms with E-state index in [-0.39, 0.29) is 24.2 Å². The van der Waals surface area contributed by atoms with Gasteiger partial charge in [0, 0.05) is 18.3 Å². The number of rotatable bonds is 8. The van der Waals surface area contributed by atoms with Crippen LogP contribution in [-0.4, -0.2) is 27.1 Å². The summed E-state index contributed by atoms with van der Waals surface area (Å²) in [5, 5.41) is 15.8. The predicted octanol–water partition coefficient (Wildman–Crippen LogP) is 3.02. The van der Waals surface area contributed by atoms with Crippen LogP contribution >= 0.6 is 0 Å². The molecule has 0 fully saturated rings. The minimum absolute atomic E-state index is 0.158. The summed E-state index contributed by atoms with van der Waals surface area (Å²) >= 11 is 0. The van der Waals surface area contributed by atoms with Crippen molar-refractivity contribution in [3.8, 4) is 0 Å². The van der Waals surface area contributed by atoms with E-state index in [0.29, 0.717) is 24.6 Å². The molecule has 2 aromatic rings. The monoisotopic (exact) mass is 359 g/mol. The molecule has 140 valence electrons. The average Bonchev–Trinajstić information content (AvgIpc) is 3.04. The summed E-state index contributed by atoms with van der Waals surface area (Å²) in [6, 6.07) is 8.55. The quantitative estimate of drug-likeness (QED) is 0.750. The van der Waals surface area contributed by atoms with Crippen molar-refractivity contribution < 1.29 is 19.2 Å². The first-order valence-corrected chi connectivity index (χ1v) is 8.65. The molecule has 1 heterocycles. The zero-order valence-corrected chi connectivity index (χ0v) is 15.4. The van der Waals surface area contributed by atoms with Crippen LogP contribution in [0.15, 0.2) is 34.9 Å². The lowest BCUT2D eigenvalue weighted by atomic mass is 9.96. The van der Waals surface area contributed by atoms with Gasteiger partial charge in [-0.1, -0.05) is 56.3 Å². The Morgan fingerprint density at radius 2 is 1.92 bits per heavy atom. The maximum absolute atomic E-state index is 12.2. The van der Waals surface area contributed by atoms with Crippen LogP contribution in [0.1, 0.15) is 63.4 Å². The van der Waals surface area contributed by atoms with E-state index >= 15 is 0 Å². The first-order chi connectivity index (χ1) is 12.3. The summed E-state index contributed by atoms with van der Waals surface area (Å²) in [5.74, 6) is -0.00851. The largest absolute Gasteiger partial charge is 0.481 e. The molecular formula is C19H25N3O4. The van der Waals surface area contributed by atoms with Crippen molar-refractivity contribution in [1.82, 2.24) is 15.5 Å². The van der Waals surface area contributed by atoms with Crippen LogP contribution in [0, 0.1) is 0 Å². The topological polar surface area (TPSA) is 105 Å². The Labute approximate surface area is 152 Å². The second kappa shape index (κ2) is 8.60. The van der Waals surface area contributed by atoms with E-state index in [4.69, 9.17) is 9.63 Å². The summed E-state index contributed by atoms with van der Waals surface area (Å²) in [6.45, 7) is 6.00. The number of carboxylic acid groups (broad SMARTS) is 1. The highest BCUT2D eigenvalue weighted by atomic mass is 16.5. The Kier molecular flexibility index (Phi) is 6.49. The minimum Gasteiger partial charge on any atom is -0.481 e. The lowest BCUT2D eigenvalue weighted by Gasteiger charge is -2.17. The Balaban J connectivity index is 1.86. The van der Waals surface area contributed by atoms with Gasteiger partial charge in [0.15, 0.2) is 5.82 Å². The molecule has 1 aromatic heterocycles. The van der Waals surface area contributed by atoms with Crippen molar-refractivity contribution in [2.75, 3.05) is 0 Å². The molecule has 0 bridgehead atoms. The number of hydrogen-bond donors (Lipinski definition) is 2. The van der Waals surface area contributed by atoms with E-state index in [2.05, 4.69) is 15.5 Å². The zero-order chi connectivity index (χ0) is 19.2. The lowest BCUT2D eigenvalue weighted by Crippen LogP contribution is -2.30. The highest BCUT2D eigenvalue weighted by Gasteiger charge is 2.21. The van der Waals surface area contributed by atoms with Gasteiger partial charge in [-0.2, -0.15) is 4.98 Å². The summed E-state index contributed by atoms with van der Waals surface area (Å²) in [5.41, 5.74) is 0.591. The number of nitrogens with zero attached hydrogens (tertiary/aromatic N) is 2. The number of aromatic nitrogens is 2. The van der Waals surface area contributed by atoms with Gasteiger partial charge >= 0.3 is 5.97 Å². The van der Waals surface area contributed by atoms with Gasteiger partial charge < -0.3 is 14.9 Å². The summed E-state index contributed by atoms with van der Waals surface area (Å²) in [6.07, 6.45) is 1.15. The fourth-order valence-corrected chi connectivity index (χ4v) is 2.44. The van der Waals surface area contributed by atoms with Gasteiger partial charge in [-0.3, -0.25) is 9.59 Å². The van der Waals surface area contributed by atoms with E-state index < -0.39 is 12.0 Å². The van der Waals surface area contributed by atoms with Crippen LogP contribution in [0.25, 0.3) is 0 Å². The number of aliphatic carboxylic acids is 1. The second-order valence-electron chi connectivity index (χ2n) is 7.24. The Morgan fingerprint density at radius 1 is 1.23 bits per heavy atom. The molecular weight excluding hydrogens is 334 g/mol. The zero-order valence-electron chi connectivity index (χ0n) is 15.4. The van der Waals surface area contributed by atoms with E-state index in [0.717, 1.165) is 5.56 Å². The second-order valence-corrected chi connectivity index (χ2v) is 7.24. The fourth-order valence-electron chi connectivity index (χ4n) is 2.44.